The van der Waals surface area contributed by atoms with E-state index in [1.807, 2.05) is 7.05 Å². The zero-order valence-corrected chi connectivity index (χ0v) is 10.8. The highest BCUT2D eigenvalue weighted by atomic mass is 32.1. The van der Waals surface area contributed by atoms with Gasteiger partial charge in [0, 0.05) is 37.4 Å². The van der Waals surface area contributed by atoms with Gasteiger partial charge in [-0.25, -0.2) is 4.98 Å². The van der Waals surface area contributed by atoms with Gasteiger partial charge >= 0.3 is 0 Å². The second kappa shape index (κ2) is 4.80. The molecule has 2 heterocycles. The van der Waals surface area contributed by atoms with Gasteiger partial charge in [0.2, 0.25) is 0 Å². The maximum absolute atomic E-state index is 4.50. The molecule has 0 aromatic carbocycles. The molecule has 0 saturated heterocycles. The highest BCUT2D eigenvalue weighted by Crippen LogP contribution is 2.16. The number of hydrogen-bond acceptors (Lipinski definition) is 3. The molecule has 4 heteroatoms. The predicted octanol–water partition coefficient (Wildman–Crippen LogP) is 2.39. The van der Waals surface area contributed by atoms with Crippen LogP contribution in [0.25, 0.3) is 0 Å². The Balaban J connectivity index is 1.84. The van der Waals surface area contributed by atoms with Crippen LogP contribution in [-0.2, 0) is 20.1 Å². The van der Waals surface area contributed by atoms with Gasteiger partial charge in [0.15, 0.2) is 0 Å². The average molecular weight is 235 g/mol. The van der Waals surface area contributed by atoms with E-state index in [4.69, 9.17) is 0 Å². The van der Waals surface area contributed by atoms with Crippen molar-refractivity contribution in [2.24, 2.45) is 7.05 Å². The minimum absolute atomic E-state index is 0.855. The summed E-state index contributed by atoms with van der Waals surface area (Å²) in [5.41, 5.74) is 2.47. The summed E-state index contributed by atoms with van der Waals surface area (Å²) in [6.45, 7) is 5.94. The molecular formula is C12H17N3S. The Labute approximate surface area is 100 Å². The first-order chi connectivity index (χ1) is 7.65. The molecule has 86 valence electrons. The van der Waals surface area contributed by atoms with Crippen LogP contribution in [0.1, 0.15) is 21.1 Å². The van der Waals surface area contributed by atoms with Crippen molar-refractivity contribution in [1.82, 2.24) is 14.9 Å². The third-order valence-electron chi connectivity index (χ3n) is 2.57. The number of thiazole rings is 1. The normalized spacial score (nSPS) is 10.9. The zero-order chi connectivity index (χ0) is 11.5. The Bertz CT molecular complexity index is 451. The van der Waals surface area contributed by atoms with E-state index in [1.165, 1.54) is 15.4 Å². The summed E-state index contributed by atoms with van der Waals surface area (Å²) in [5, 5.41) is 4.58. The predicted molar refractivity (Wildman–Crippen MR) is 67.5 cm³/mol. The summed E-state index contributed by atoms with van der Waals surface area (Å²) in [4.78, 5) is 5.81. The van der Waals surface area contributed by atoms with Crippen LogP contribution in [0.4, 0.5) is 0 Å². The van der Waals surface area contributed by atoms with E-state index in [-0.39, 0.29) is 0 Å². The van der Waals surface area contributed by atoms with Crippen LogP contribution in [0.5, 0.6) is 0 Å². The van der Waals surface area contributed by atoms with Crippen LogP contribution in [0.3, 0.4) is 0 Å². The molecular weight excluding hydrogens is 218 g/mol. The molecule has 0 aliphatic rings. The molecule has 0 spiro atoms. The van der Waals surface area contributed by atoms with Gasteiger partial charge in [-0.15, -0.1) is 11.3 Å². The Morgan fingerprint density at radius 1 is 1.38 bits per heavy atom. The first-order valence-corrected chi connectivity index (χ1v) is 6.21. The third kappa shape index (κ3) is 2.71. The monoisotopic (exact) mass is 235 g/mol. The second-order valence-corrected chi connectivity index (χ2v) is 5.33. The summed E-state index contributed by atoms with van der Waals surface area (Å²) in [6, 6.07) is 2.13. The van der Waals surface area contributed by atoms with Crippen molar-refractivity contribution in [3.05, 3.63) is 39.6 Å². The van der Waals surface area contributed by atoms with Gasteiger partial charge in [-0.1, -0.05) is 0 Å². The molecule has 0 radical (unpaired) electrons. The van der Waals surface area contributed by atoms with Crippen LogP contribution in [-0.4, -0.2) is 9.55 Å². The molecule has 0 aliphatic heterocycles. The molecule has 0 amide bonds. The van der Waals surface area contributed by atoms with Gasteiger partial charge in [0.1, 0.15) is 5.01 Å². The molecule has 0 unspecified atom stereocenters. The molecule has 1 N–H and O–H groups in total. The fraction of sp³-hybridized carbons (Fsp3) is 0.417. The highest BCUT2D eigenvalue weighted by Gasteiger charge is 2.02. The van der Waals surface area contributed by atoms with Gasteiger partial charge in [-0.3, -0.25) is 0 Å². The lowest BCUT2D eigenvalue weighted by Crippen LogP contribution is -2.11. The van der Waals surface area contributed by atoms with Crippen LogP contribution in [0.2, 0.25) is 0 Å². The molecule has 0 aliphatic carbocycles. The first kappa shape index (κ1) is 11.4. The van der Waals surface area contributed by atoms with E-state index in [0.717, 1.165) is 18.8 Å². The van der Waals surface area contributed by atoms with Crippen molar-refractivity contribution in [1.29, 1.82) is 0 Å². The summed E-state index contributed by atoms with van der Waals surface area (Å²) in [7, 11) is 2.04. The summed E-state index contributed by atoms with van der Waals surface area (Å²) in [6.07, 6.45) is 4.19. The van der Waals surface area contributed by atoms with E-state index in [1.54, 1.807) is 11.3 Å². The third-order valence-corrected chi connectivity index (χ3v) is 3.64. The van der Waals surface area contributed by atoms with Crippen molar-refractivity contribution in [3.8, 4) is 0 Å². The average Bonchev–Trinajstić information content (AvgIpc) is 2.75. The first-order valence-electron chi connectivity index (χ1n) is 5.39. The molecule has 16 heavy (non-hydrogen) atoms. The second-order valence-electron chi connectivity index (χ2n) is 4.04. The van der Waals surface area contributed by atoms with Crippen LogP contribution < -0.4 is 5.32 Å². The molecule has 2 aromatic rings. The molecule has 3 nitrogen and oxygen atoms in total. The molecule has 2 rings (SSSR count). The summed E-state index contributed by atoms with van der Waals surface area (Å²) >= 11 is 1.78. The van der Waals surface area contributed by atoms with Gasteiger partial charge in [0.25, 0.3) is 0 Å². The summed E-state index contributed by atoms with van der Waals surface area (Å²) in [5.74, 6) is 0. The smallest absolute Gasteiger partial charge is 0.107 e. The lowest BCUT2D eigenvalue weighted by Gasteiger charge is -1.99. The van der Waals surface area contributed by atoms with E-state index >= 15 is 0 Å². The summed E-state index contributed by atoms with van der Waals surface area (Å²) < 4.78 is 2.06. The van der Waals surface area contributed by atoms with Crippen LogP contribution >= 0.6 is 11.3 Å². The Morgan fingerprint density at radius 2 is 2.19 bits per heavy atom. The molecule has 0 saturated carbocycles. The minimum Gasteiger partial charge on any atom is -0.357 e. The largest absolute Gasteiger partial charge is 0.357 e. The standard InChI is InChI=1S/C12H17N3S/c1-9-10(2)16-12(14-9)7-13-6-11-4-5-15(3)8-11/h4-5,8,13H,6-7H2,1-3H3. The van der Waals surface area contributed by atoms with Crippen LogP contribution in [0.15, 0.2) is 18.5 Å². The number of aryl methyl sites for hydroxylation is 3. The Kier molecular flexibility index (Phi) is 3.41. The Morgan fingerprint density at radius 3 is 2.75 bits per heavy atom. The van der Waals surface area contributed by atoms with E-state index < -0.39 is 0 Å². The SMILES string of the molecule is Cc1nc(CNCc2ccn(C)c2)sc1C. The zero-order valence-electron chi connectivity index (χ0n) is 9.95. The molecule has 0 atom stereocenters. The number of nitrogens with one attached hydrogen (secondary N) is 1. The fourth-order valence-corrected chi connectivity index (χ4v) is 2.50. The topological polar surface area (TPSA) is 29.9 Å². The molecule has 2 aromatic heterocycles. The number of rotatable bonds is 4. The lowest BCUT2D eigenvalue weighted by molar-refractivity contribution is 0.687. The van der Waals surface area contributed by atoms with Crippen molar-refractivity contribution < 1.29 is 0 Å². The number of hydrogen-bond donors (Lipinski definition) is 1. The number of aromatic nitrogens is 2. The lowest BCUT2D eigenvalue weighted by atomic mass is 10.3. The van der Waals surface area contributed by atoms with E-state index in [9.17, 15) is 0 Å². The number of nitrogens with zero attached hydrogens (tertiary/aromatic N) is 2. The van der Waals surface area contributed by atoms with Crippen molar-refractivity contribution >= 4 is 11.3 Å². The Hall–Kier alpha value is -1.13. The van der Waals surface area contributed by atoms with Gasteiger partial charge in [0.05, 0.1) is 5.69 Å². The highest BCUT2D eigenvalue weighted by molar-refractivity contribution is 7.11. The minimum atomic E-state index is 0.855. The fourth-order valence-electron chi connectivity index (χ4n) is 1.59. The van der Waals surface area contributed by atoms with Crippen LogP contribution in [0, 0.1) is 13.8 Å². The van der Waals surface area contributed by atoms with E-state index in [2.05, 4.69) is 47.2 Å². The van der Waals surface area contributed by atoms with Gasteiger partial charge in [-0.2, -0.15) is 0 Å². The van der Waals surface area contributed by atoms with Gasteiger partial charge in [-0.05, 0) is 25.5 Å². The maximum Gasteiger partial charge on any atom is 0.107 e. The molecule has 0 fully saturated rings. The van der Waals surface area contributed by atoms with Crippen molar-refractivity contribution in [2.75, 3.05) is 0 Å². The van der Waals surface area contributed by atoms with Crippen molar-refractivity contribution in [3.63, 3.8) is 0 Å². The maximum atomic E-state index is 4.50. The quantitative estimate of drug-likeness (QED) is 0.882. The van der Waals surface area contributed by atoms with E-state index in [0.29, 0.717) is 0 Å². The van der Waals surface area contributed by atoms with Gasteiger partial charge < -0.3 is 9.88 Å². The van der Waals surface area contributed by atoms with Crippen molar-refractivity contribution in [2.45, 2.75) is 26.9 Å². The molecule has 0 bridgehead atoms.